The van der Waals surface area contributed by atoms with E-state index in [1.54, 1.807) is 6.92 Å². The van der Waals surface area contributed by atoms with Gasteiger partial charge in [-0.2, -0.15) is 0 Å². The maximum atomic E-state index is 11.5. The average molecular weight is 239 g/mol. The van der Waals surface area contributed by atoms with Crippen LogP contribution in [-0.2, 0) is 16.1 Å². The molecule has 17 heavy (non-hydrogen) atoms. The molecule has 7 heteroatoms. The fourth-order valence-electron chi connectivity index (χ4n) is 1.28. The summed E-state index contributed by atoms with van der Waals surface area (Å²) in [5, 5.41) is 11.1. The van der Waals surface area contributed by atoms with Gasteiger partial charge >= 0.3 is 5.97 Å². The topological polar surface area (TPSA) is 101 Å². The number of aromatic nitrogens is 2. The summed E-state index contributed by atoms with van der Waals surface area (Å²) in [4.78, 5) is 37.1. The number of amides is 1. The summed E-state index contributed by atoms with van der Waals surface area (Å²) < 4.78 is 1.14. The van der Waals surface area contributed by atoms with Gasteiger partial charge in [-0.1, -0.05) is 0 Å². The SMILES string of the molecule is CC(=O)NC(Cn1cnc(C)cc1=O)C(=O)O. The van der Waals surface area contributed by atoms with E-state index >= 15 is 0 Å². The third kappa shape index (κ3) is 3.71. The molecule has 1 heterocycles. The highest BCUT2D eigenvalue weighted by molar-refractivity contribution is 5.81. The lowest BCUT2D eigenvalue weighted by molar-refractivity contribution is -0.141. The van der Waals surface area contributed by atoms with E-state index in [-0.39, 0.29) is 12.1 Å². The van der Waals surface area contributed by atoms with Gasteiger partial charge in [0, 0.05) is 18.7 Å². The summed E-state index contributed by atoms with van der Waals surface area (Å²) in [5.74, 6) is -1.67. The number of rotatable bonds is 4. The molecule has 2 N–H and O–H groups in total. The summed E-state index contributed by atoms with van der Waals surface area (Å²) in [6, 6.07) is 0.155. The van der Waals surface area contributed by atoms with Crippen LogP contribution >= 0.6 is 0 Å². The Morgan fingerprint density at radius 3 is 2.71 bits per heavy atom. The van der Waals surface area contributed by atoms with Crippen LogP contribution in [-0.4, -0.2) is 32.6 Å². The van der Waals surface area contributed by atoms with E-state index in [0.717, 1.165) is 4.57 Å². The Hall–Kier alpha value is -2.18. The van der Waals surface area contributed by atoms with Crippen molar-refractivity contribution in [2.24, 2.45) is 0 Å². The molecule has 1 aromatic rings. The van der Waals surface area contributed by atoms with Gasteiger partial charge < -0.3 is 10.4 Å². The molecule has 0 aliphatic carbocycles. The third-order valence-corrected chi connectivity index (χ3v) is 2.07. The fourth-order valence-corrected chi connectivity index (χ4v) is 1.28. The zero-order chi connectivity index (χ0) is 13.0. The summed E-state index contributed by atoms with van der Waals surface area (Å²) in [5.41, 5.74) is 0.201. The summed E-state index contributed by atoms with van der Waals surface area (Å²) in [6.07, 6.45) is 1.26. The monoisotopic (exact) mass is 239 g/mol. The molecule has 0 aromatic carbocycles. The van der Waals surface area contributed by atoms with E-state index < -0.39 is 17.9 Å². The highest BCUT2D eigenvalue weighted by Crippen LogP contribution is 1.91. The number of hydrogen-bond donors (Lipinski definition) is 2. The van der Waals surface area contributed by atoms with Crippen molar-refractivity contribution in [1.29, 1.82) is 0 Å². The minimum Gasteiger partial charge on any atom is -0.480 e. The van der Waals surface area contributed by atoms with E-state index in [2.05, 4.69) is 10.3 Å². The first-order chi connectivity index (χ1) is 7.90. The normalized spacial score (nSPS) is 11.9. The summed E-state index contributed by atoms with van der Waals surface area (Å²) in [7, 11) is 0. The lowest BCUT2D eigenvalue weighted by atomic mass is 10.3. The van der Waals surface area contributed by atoms with Crippen LogP contribution in [0.5, 0.6) is 0 Å². The Bertz CT molecular complexity index is 495. The molecular formula is C10H13N3O4. The van der Waals surface area contributed by atoms with Gasteiger partial charge in [0.2, 0.25) is 5.91 Å². The third-order valence-electron chi connectivity index (χ3n) is 2.07. The Kier molecular flexibility index (Phi) is 3.97. The molecule has 92 valence electrons. The molecule has 1 amide bonds. The Morgan fingerprint density at radius 2 is 2.24 bits per heavy atom. The quantitative estimate of drug-likeness (QED) is 0.712. The number of hydrogen-bond acceptors (Lipinski definition) is 4. The largest absolute Gasteiger partial charge is 0.480 e. The van der Waals surface area contributed by atoms with Crippen LogP contribution in [0.25, 0.3) is 0 Å². The van der Waals surface area contributed by atoms with Crippen LogP contribution in [0.3, 0.4) is 0 Å². The van der Waals surface area contributed by atoms with Crippen molar-refractivity contribution in [1.82, 2.24) is 14.9 Å². The number of carboxylic acid groups (broad SMARTS) is 1. The lowest BCUT2D eigenvalue weighted by Crippen LogP contribution is -2.44. The number of carboxylic acids is 1. The molecule has 0 aliphatic rings. The van der Waals surface area contributed by atoms with Crippen molar-refractivity contribution in [2.75, 3.05) is 0 Å². The fraction of sp³-hybridized carbons (Fsp3) is 0.400. The Morgan fingerprint density at radius 1 is 1.59 bits per heavy atom. The maximum absolute atomic E-state index is 11.5. The molecule has 0 radical (unpaired) electrons. The Balaban J connectivity index is 2.90. The molecule has 1 unspecified atom stereocenters. The number of carbonyl (C=O) groups excluding carboxylic acids is 1. The van der Waals surface area contributed by atoms with E-state index in [1.807, 2.05) is 0 Å². The van der Waals surface area contributed by atoms with Gasteiger partial charge in [-0.15, -0.1) is 0 Å². The standard InChI is InChI=1S/C10H13N3O4/c1-6-3-9(15)13(5-11-6)4-8(10(16)17)12-7(2)14/h3,5,8H,4H2,1-2H3,(H,12,14)(H,16,17). The molecule has 0 aliphatic heterocycles. The van der Waals surface area contributed by atoms with E-state index in [1.165, 1.54) is 19.3 Å². The lowest BCUT2D eigenvalue weighted by Gasteiger charge is -2.14. The van der Waals surface area contributed by atoms with E-state index in [9.17, 15) is 14.4 Å². The van der Waals surface area contributed by atoms with Crippen LogP contribution in [0.15, 0.2) is 17.2 Å². The number of nitrogens with one attached hydrogen (secondary N) is 1. The van der Waals surface area contributed by atoms with Crippen molar-refractivity contribution in [3.63, 3.8) is 0 Å². The molecule has 0 fully saturated rings. The van der Waals surface area contributed by atoms with Gasteiger partial charge in [0.1, 0.15) is 6.04 Å². The second kappa shape index (κ2) is 5.24. The van der Waals surface area contributed by atoms with Crippen LogP contribution in [0, 0.1) is 6.92 Å². The minimum absolute atomic E-state index is 0.152. The van der Waals surface area contributed by atoms with Gasteiger partial charge in [-0.3, -0.25) is 14.2 Å². The number of carbonyl (C=O) groups is 2. The maximum Gasteiger partial charge on any atom is 0.328 e. The van der Waals surface area contributed by atoms with Gasteiger partial charge in [0.15, 0.2) is 0 Å². The van der Waals surface area contributed by atoms with Crippen molar-refractivity contribution in [2.45, 2.75) is 26.4 Å². The molecule has 7 nitrogen and oxygen atoms in total. The van der Waals surface area contributed by atoms with Gasteiger partial charge in [0.25, 0.3) is 5.56 Å². The van der Waals surface area contributed by atoms with Crippen LogP contribution in [0.2, 0.25) is 0 Å². The molecule has 0 spiro atoms. The van der Waals surface area contributed by atoms with E-state index in [0.29, 0.717) is 5.69 Å². The number of nitrogens with zero attached hydrogens (tertiary/aromatic N) is 2. The van der Waals surface area contributed by atoms with Gasteiger partial charge in [-0.25, -0.2) is 9.78 Å². The zero-order valence-corrected chi connectivity index (χ0v) is 9.51. The molecule has 0 saturated carbocycles. The molecule has 1 aromatic heterocycles. The average Bonchev–Trinajstić information content (AvgIpc) is 2.19. The predicted octanol–water partition coefficient (Wildman–Crippen LogP) is -0.859. The molecule has 0 bridgehead atoms. The molecule has 1 atom stereocenters. The molecular weight excluding hydrogens is 226 g/mol. The summed E-state index contributed by atoms with van der Waals surface area (Å²) >= 11 is 0. The predicted molar refractivity (Wildman–Crippen MR) is 58.5 cm³/mol. The van der Waals surface area contributed by atoms with Crippen molar-refractivity contribution >= 4 is 11.9 Å². The number of aliphatic carboxylic acids is 1. The first-order valence-electron chi connectivity index (χ1n) is 4.93. The number of aryl methyl sites for hydroxylation is 1. The minimum atomic E-state index is -1.20. The van der Waals surface area contributed by atoms with Crippen molar-refractivity contribution < 1.29 is 14.7 Å². The van der Waals surface area contributed by atoms with Crippen LogP contribution in [0.4, 0.5) is 0 Å². The van der Waals surface area contributed by atoms with Gasteiger partial charge in [-0.05, 0) is 6.92 Å². The molecule has 0 saturated heterocycles. The van der Waals surface area contributed by atoms with Crippen LogP contribution in [0.1, 0.15) is 12.6 Å². The van der Waals surface area contributed by atoms with Crippen LogP contribution < -0.4 is 10.9 Å². The second-order valence-electron chi connectivity index (χ2n) is 3.61. The van der Waals surface area contributed by atoms with Crippen molar-refractivity contribution in [3.8, 4) is 0 Å². The van der Waals surface area contributed by atoms with E-state index in [4.69, 9.17) is 5.11 Å². The van der Waals surface area contributed by atoms with Crippen molar-refractivity contribution in [3.05, 3.63) is 28.4 Å². The zero-order valence-electron chi connectivity index (χ0n) is 9.51. The van der Waals surface area contributed by atoms with Gasteiger partial charge in [0.05, 0.1) is 12.9 Å². The highest BCUT2D eigenvalue weighted by atomic mass is 16.4. The Labute approximate surface area is 97.1 Å². The first kappa shape index (κ1) is 12.9. The second-order valence-corrected chi connectivity index (χ2v) is 3.61. The molecule has 1 rings (SSSR count). The first-order valence-corrected chi connectivity index (χ1v) is 4.93. The smallest absolute Gasteiger partial charge is 0.328 e. The summed E-state index contributed by atoms with van der Waals surface area (Å²) in [6.45, 7) is 2.72. The highest BCUT2D eigenvalue weighted by Gasteiger charge is 2.19.